The number of rotatable bonds is 4. The number of nitrogens with two attached hydrogens (primary N) is 1. The molecule has 14 heavy (non-hydrogen) atoms. The van der Waals surface area contributed by atoms with Crippen LogP contribution in [0.2, 0.25) is 5.02 Å². The molecule has 0 spiro atoms. The van der Waals surface area contributed by atoms with Gasteiger partial charge in [-0.25, -0.2) is 4.98 Å². The zero-order valence-corrected chi connectivity index (χ0v) is 9.98. The van der Waals surface area contributed by atoms with Crippen LogP contribution in [0.15, 0.2) is 23.4 Å². The van der Waals surface area contributed by atoms with Crippen molar-refractivity contribution >= 4 is 23.4 Å². The van der Waals surface area contributed by atoms with Crippen molar-refractivity contribution in [3.63, 3.8) is 0 Å². The minimum absolute atomic E-state index is 0.222. The van der Waals surface area contributed by atoms with E-state index in [1.54, 1.807) is 18.0 Å². The van der Waals surface area contributed by atoms with E-state index in [-0.39, 0.29) is 6.04 Å². The number of hydrogen-bond donors (Lipinski definition) is 1. The summed E-state index contributed by atoms with van der Waals surface area (Å²) in [5, 5.41) is 2.05. The van der Waals surface area contributed by atoms with Gasteiger partial charge in [-0.1, -0.05) is 18.5 Å². The van der Waals surface area contributed by atoms with Crippen LogP contribution in [0.3, 0.4) is 0 Å². The fraction of sp³-hybridized carbons (Fsp3) is 0.500. The molecule has 0 fully saturated rings. The minimum Gasteiger partial charge on any atom is -0.328 e. The molecule has 0 aliphatic carbocycles. The highest BCUT2D eigenvalue weighted by Gasteiger charge is 2.09. The first kappa shape index (κ1) is 11.8. The van der Waals surface area contributed by atoms with Crippen LogP contribution in [0.1, 0.15) is 20.3 Å². The molecule has 78 valence electrons. The second-order valence-corrected chi connectivity index (χ2v) is 5.27. The molecule has 2 atom stereocenters. The van der Waals surface area contributed by atoms with E-state index >= 15 is 0 Å². The van der Waals surface area contributed by atoms with Crippen molar-refractivity contribution in [3.05, 3.63) is 23.4 Å². The molecular weight excluding hydrogens is 216 g/mol. The van der Waals surface area contributed by atoms with Crippen molar-refractivity contribution in [3.8, 4) is 0 Å². The topological polar surface area (TPSA) is 38.9 Å². The summed E-state index contributed by atoms with van der Waals surface area (Å²) in [4.78, 5) is 4.22. The summed E-state index contributed by atoms with van der Waals surface area (Å²) >= 11 is 7.67. The molecule has 0 aliphatic heterocycles. The van der Waals surface area contributed by atoms with E-state index in [0.29, 0.717) is 10.3 Å². The fourth-order valence-electron chi connectivity index (χ4n) is 1.22. The van der Waals surface area contributed by atoms with Gasteiger partial charge in [0.15, 0.2) is 0 Å². The van der Waals surface area contributed by atoms with Crippen LogP contribution in [-0.2, 0) is 0 Å². The zero-order valence-electron chi connectivity index (χ0n) is 8.40. The SMILES string of the molecule is CC(N)CC(C)Sc1ncccc1Cl. The van der Waals surface area contributed by atoms with Gasteiger partial charge in [0.05, 0.1) is 5.02 Å². The highest BCUT2D eigenvalue weighted by Crippen LogP contribution is 2.29. The van der Waals surface area contributed by atoms with Crippen LogP contribution in [-0.4, -0.2) is 16.3 Å². The Hall–Kier alpha value is -0.250. The zero-order chi connectivity index (χ0) is 10.6. The molecule has 0 saturated carbocycles. The van der Waals surface area contributed by atoms with E-state index < -0.39 is 0 Å². The maximum Gasteiger partial charge on any atom is 0.115 e. The van der Waals surface area contributed by atoms with E-state index in [4.69, 9.17) is 17.3 Å². The predicted octanol–water partition coefficient (Wildman–Crippen LogP) is 2.95. The number of thioether (sulfide) groups is 1. The number of halogens is 1. The minimum atomic E-state index is 0.222. The maximum absolute atomic E-state index is 5.99. The summed E-state index contributed by atoms with van der Waals surface area (Å²) in [5.74, 6) is 0. The lowest BCUT2D eigenvalue weighted by Gasteiger charge is -2.13. The van der Waals surface area contributed by atoms with E-state index in [9.17, 15) is 0 Å². The summed E-state index contributed by atoms with van der Waals surface area (Å²) in [7, 11) is 0. The first-order valence-corrected chi connectivity index (χ1v) is 5.88. The van der Waals surface area contributed by atoms with Gasteiger partial charge >= 0.3 is 0 Å². The molecule has 1 rings (SSSR count). The molecule has 1 aromatic heterocycles. The van der Waals surface area contributed by atoms with Crippen LogP contribution in [0.4, 0.5) is 0 Å². The van der Waals surface area contributed by atoms with Crippen LogP contribution in [0.5, 0.6) is 0 Å². The average molecular weight is 231 g/mol. The molecule has 0 aromatic carbocycles. The van der Waals surface area contributed by atoms with Gasteiger partial charge in [0.2, 0.25) is 0 Å². The van der Waals surface area contributed by atoms with Crippen LogP contribution in [0.25, 0.3) is 0 Å². The Morgan fingerprint density at radius 3 is 2.86 bits per heavy atom. The van der Waals surface area contributed by atoms with Gasteiger partial charge < -0.3 is 5.73 Å². The number of nitrogens with zero attached hydrogens (tertiary/aromatic N) is 1. The molecular formula is C10H15ClN2S. The second kappa shape index (κ2) is 5.59. The molecule has 1 aromatic rings. The molecule has 0 aliphatic rings. The molecule has 2 unspecified atom stereocenters. The first-order valence-electron chi connectivity index (χ1n) is 4.62. The smallest absolute Gasteiger partial charge is 0.115 e. The van der Waals surface area contributed by atoms with Gasteiger partial charge in [-0.05, 0) is 25.5 Å². The summed E-state index contributed by atoms with van der Waals surface area (Å²) in [6, 6.07) is 3.91. The van der Waals surface area contributed by atoms with Crippen LogP contribution >= 0.6 is 23.4 Å². The van der Waals surface area contributed by atoms with Crippen molar-refractivity contribution in [1.82, 2.24) is 4.98 Å². The summed E-state index contributed by atoms with van der Waals surface area (Å²) in [6.07, 6.45) is 2.73. The predicted molar refractivity (Wildman–Crippen MR) is 62.8 cm³/mol. The summed E-state index contributed by atoms with van der Waals surface area (Å²) in [5.41, 5.74) is 5.72. The van der Waals surface area contributed by atoms with E-state index in [0.717, 1.165) is 11.4 Å². The molecule has 0 amide bonds. The number of pyridine rings is 1. The lowest BCUT2D eigenvalue weighted by atomic mass is 10.2. The van der Waals surface area contributed by atoms with Gasteiger partial charge in [-0.15, -0.1) is 11.8 Å². The molecule has 1 heterocycles. The van der Waals surface area contributed by atoms with Gasteiger partial charge in [0.1, 0.15) is 5.03 Å². The molecule has 0 bridgehead atoms. The second-order valence-electron chi connectivity index (χ2n) is 3.43. The van der Waals surface area contributed by atoms with Crippen molar-refractivity contribution in [1.29, 1.82) is 0 Å². The van der Waals surface area contributed by atoms with E-state index in [1.165, 1.54) is 0 Å². The maximum atomic E-state index is 5.99. The van der Waals surface area contributed by atoms with Crippen molar-refractivity contribution in [2.24, 2.45) is 5.73 Å². The summed E-state index contributed by atoms with van der Waals surface area (Å²) < 4.78 is 0. The Balaban J connectivity index is 2.56. The van der Waals surface area contributed by atoms with Crippen molar-refractivity contribution in [2.75, 3.05) is 0 Å². The monoisotopic (exact) mass is 230 g/mol. The Morgan fingerprint density at radius 2 is 2.29 bits per heavy atom. The van der Waals surface area contributed by atoms with Crippen LogP contribution < -0.4 is 5.73 Å². The molecule has 0 radical (unpaired) electrons. The van der Waals surface area contributed by atoms with Gasteiger partial charge in [0.25, 0.3) is 0 Å². The first-order chi connectivity index (χ1) is 6.59. The van der Waals surface area contributed by atoms with Crippen molar-refractivity contribution < 1.29 is 0 Å². The van der Waals surface area contributed by atoms with Crippen molar-refractivity contribution in [2.45, 2.75) is 36.6 Å². The number of hydrogen-bond acceptors (Lipinski definition) is 3. The molecule has 2 N–H and O–H groups in total. The molecule has 4 heteroatoms. The lowest BCUT2D eigenvalue weighted by Crippen LogP contribution is -2.19. The van der Waals surface area contributed by atoms with Gasteiger partial charge in [-0.3, -0.25) is 0 Å². The number of aromatic nitrogens is 1. The third-order valence-electron chi connectivity index (χ3n) is 1.74. The Kier molecular flexibility index (Phi) is 4.72. The standard InChI is InChI=1S/C10H15ClN2S/c1-7(12)6-8(2)14-10-9(11)4-3-5-13-10/h3-5,7-8H,6,12H2,1-2H3. The summed E-state index contributed by atoms with van der Waals surface area (Å²) in [6.45, 7) is 4.15. The Bertz CT molecular complexity index is 291. The van der Waals surface area contributed by atoms with Gasteiger partial charge in [0, 0.05) is 17.5 Å². The van der Waals surface area contributed by atoms with E-state index in [2.05, 4.69) is 11.9 Å². The largest absolute Gasteiger partial charge is 0.328 e. The molecule has 0 saturated heterocycles. The third-order valence-corrected chi connectivity index (χ3v) is 3.30. The third kappa shape index (κ3) is 3.86. The lowest BCUT2D eigenvalue weighted by molar-refractivity contribution is 0.662. The normalized spacial score (nSPS) is 15.1. The van der Waals surface area contributed by atoms with E-state index in [1.807, 2.05) is 19.1 Å². The quantitative estimate of drug-likeness (QED) is 0.809. The highest BCUT2D eigenvalue weighted by atomic mass is 35.5. The Labute approximate surface area is 94.2 Å². The fourth-order valence-corrected chi connectivity index (χ4v) is 2.56. The highest BCUT2D eigenvalue weighted by molar-refractivity contribution is 7.99. The molecule has 2 nitrogen and oxygen atoms in total. The van der Waals surface area contributed by atoms with Gasteiger partial charge in [-0.2, -0.15) is 0 Å². The Morgan fingerprint density at radius 1 is 1.57 bits per heavy atom. The average Bonchev–Trinajstić information content (AvgIpc) is 2.07. The van der Waals surface area contributed by atoms with Crippen LogP contribution in [0, 0.1) is 0 Å².